The summed E-state index contributed by atoms with van der Waals surface area (Å²) in [6, 6.07) is 0. The van der Waals surface area contributed by atoms with Crippen LogP contribution < -0.4 is 0 Å². The summed E-state index contributed by atoms with van der Waals surface area (Å²) in [6.07, 6.45) is 5.72. The average Bonchev–Trinajstić information content (AvgIpc) is 1.77. The van der Waals surface area contributed by atoms with Crippen LogP contribution in [0.1, 0.15) is 12.8 Å². The minimum atomic E-state index is -0.0278. The van der Waals surface area contributed by atoms with Gasteiger partial charge in [0.2, 0.25) is 0 Å². The van der Waals surface area contributed by atoms with Gasteiger partial charge in [-0.1, -0.05) is 6.08 Å². The highest BCUT2D eigenvalue weighted by molar-refractivity contribution is 6.33. The van der Waals surface area contributed by atoms with Crippen molar-refractivity contribution in [1.29, 1.82) is 5.41 Å². The number of rotatable bonds is 0. The molecule has 1 N–H and O–H groups in total. The van der Waals surface area contributed by atoms with Gasteiger partial charge in [0.1, 0.15) is 0 Å². The Morgan fingerprint density at radius 3 is 2.88 bits per heavy atom. The van der Waals surface area contributed by atoms with Gasteiger partial charge in [0.05, 0.1) is 5.38 Å². The number of halogens is 1. The maximum Gasteiger partial charge on any atom is 0.0753 e. The molecule has 0 heterocycles. The van der Waals surface area contributed by atoms with E-state index in [2.05, 4.69) is 0 Å². The van der Waals surface area contributed by atoms with Crippen LogP contribution in [0, 0.1) is 5.41 Å². The van der Waals surface area contributed by atoms with Gasteiger partial charge in [0, 0.05) is 5.71 Å². The second-order valence-electron chi connectivity index (χ2n) is 1.90. The molecule has 44 valence electrons. The zero-order valence-corrected chi connectivity index (χ0v) is 5.28. The lowest BCUT2D eigenvalue weighted by Crippen LogP contribution is -2.13. The fourth-order valence-corrected chi connectivity index (χ4v) is 0.911. The van der Waals surface area contributed by atoms with Crippen molar-refractivity contribution in [3.8, 4) is 0 Å². The van der Waals surface area contributed by atoms with Crippen molar-refractivity contribution in [2.24, 2.45) is 0 Å². The Morgan fingerprint density at radius 2 is 2.50 bits per heavy atom. The Labute approximate surface area is 53.9 Å². The van der Waals surface area contributed by atoms with Crippen molar-refractivity contribution < 1.29 is 0 Å². The van der Waals surface area contributed by atoms with Crippen molar-refractivity contribution >= 4 is 17.3 Å². The monoisotopic (exact) mass is 129 g/mol. The summed E-state index contributed by atoms with van der Waals surface area (Å²) in [5.41, 5.74) is 0.554. The molecule has 0 saturated carbocycles. The normalized spacial score (nSPS) is 28.6. The Kier molecular flexibility index (Phi) is 1.69. The standard InChI is InChI=1S/C6H8ClN/c7-5-3-1-2-4-6(5)8/h2,4-5,8H,1,3H2. The average molecular weight is 130 g/mol. The van der Waals surface area contributed by atoms with E-state index in [1.807, 2.05) is 6.08 Å². The first kappa shape index (κ1) is 5.83. The summed E-state index contributed by atoms with van der Waals surface area (Å²) in [7, 11) is 0. The van der Waals surface area contributed by atoms with E-state index in [-0.39, 0.29) is 5.38 Å². The van der Waals surface area contributed by atoms with Crippen LogP contribution in [-0.2, 0) is 0 Å². The van der Waals surface area contributed by atoms with E-state index in [4.69, 9.17) is 17.0 Å². The highest BCUT2D eigenvalue weighted by Crippen LogP contribution is 2.12. The van der Waals surface area contributed by atoms with Gasteiger partial charge in [-0.05, 0) is 18.9 Å². The molecule has 1 rings (SSSR count). The van der Waals surface area contributed by atoms with E-state index >= 15 is 0 Å². The smallest absolute Gasteiger partial charge is 0.0753 e. The van der Waals surface area contributed by atoms with Gasteiger partial charge in [-0.25, -0.2) is 0 Å². The van der Waals surface area contributed by atoms with Crippen molar-refractivity contribution in [3.05, 3.63) is 12.2 Å². The second kappa shape index (κ2) is 2.31. The number of hydrogen-bond acceptors (Lipinski definition) is 1. The first-order valence-electron chi connectivity index (χ1n) is 2.70. The fraction of sp³-hybridized carbons (Fsp3) is 0.500. The molecule has 2 heteroatoms. The molecule has 1 aliphatic carbocycles. The molecular weight excluding hydrogens is 122 g/mol. The van der Waals surface area contributed by atoms with E-state index < -0.39 is 0 Å². The summed E-state index contributed by atoms with van der Waals surface area (Å²) in [5.74, 6) is 0. The Bertz CT molecular complexity index is 128. The van der Waals surface area contributed by atoms with Crippen LogP contribution >= 0.6 is 11.6 Å². The lowest BCUT2D eigenvalue weighted by Gasteiger charge is -2.09. The fourth-order valence-electron chi connectivity index (χ4n) is 0.713. The first-order valence-corrected chi connectivity index (χ1v) is 3.13. The van der Waals surface area contributed by atoms with Crippen LogP contribution in [0.3, 0.4) is 0 Å². The molecule has 0 aliphatic heterocycles. The van der Waals surface area contributed by atoms with E-state index in [1.165, 1.54) is 0 Å². The van der Waals surface area contributed by atoms with Gasteiger partial charge in [0.15, 0.2) is 0 Å². The van der Waals surface area contributed by atoms with Crippen LogP contribution in [0.25, 0.3) is 0 Å². The molecule has 1 unspecified atom stereocenters. The molecule has 0 spiro atoms. The minimum absolute atomic E-state index is 0.0278. The molecule has 0 saturated heterocycles. The van der Waals surface area contributed by atoms with Crippen molar-refractivity contribution in [2.75, 3.05) is 0 Å². The first-order chi connectivity index (χ1) is 3.80. The quantitative estimate of drug-likeness (QED) is 0.484. The van der Waals surface area contributed by atoms with Crippen LogP contribution in [0.15, 0.2) is 12.2 Å². The molecule has 1 nitrogen and oxygen atoms in total. The van der Waals surface area contributed by atoms with E-state index in [9.17, 15) is 0 Å². The van der Waals surface area contributed by atoms with Gasteiger partial charge in [-0.3, -0.25) is 0 Å². The number of allylic oxidation sites excluding steroid dienone is 2. The maximum atomic E-state index is 7.18. The zero-order chi connectivity index (χ0) is 5.98. The molecule has 0 radical (unpaired) electrons. The summed E-state index contributed by atoms with van der Waals surface area (Å²) in [5, 5.41) is 7.15. The van der Waals surface area contributed by atoms with Crippen LogP contribution in [0.5, 0.6) is 0 Å². The van der Waals surface area contributed by atoms with Crippen LogP contribution in [0.2, 0.25) is 0 Å². The number of nitrogens with one attached hydrogen (secondary N) is 1. The predicted molar refractivity (Wildman–Crippen MR) is 35.7 cm³/mol. The maximum absolute atomic E-state index is 7.18. The highest BCUT2D eigenvalue weighted by Gasteiger charge is 2.09. The molecule has 0 aromatic carbocycles. The van der Waals surface area contributed by atoms with Gasteiger partial charge in [-0.2, -0.15) is 0 Å². The minimum Gasteiger partial charge on any atom is -0.304 e. The molecule has 8 heavy (non-hydrogen) atoms. The topological polar surface area (TPSA) is 23.9 Å². The van der Waals surface area contributed by atoms with E-state index in [0.717, 1.165) is 12.8 Å². The third-order valence-electron chi connectivity index (χ3n) is 1.22. The zero-order valence-electron chi connectivity index (χ0n) is 4.52. The van der Waals surface area contributed by atoms with Crippen LogP contribution in [0.4, 0.5) is 0 Å². The summed E-state index contributed by atoms with van der Waals surface area (Å²) in [4.78, 5) is 0. The molecular formula is C6H8ClN. The molecule has 0 amide bonds. The van der Waals surface area contributed by atoms with Gasteiger partial charge in [-0.15, -0.1) is 11.6 Å². The van der Waals surface area contributed by atoms with Gasteiger partial charge < -0.3 is 5.41 Å². The second-order valence-corrected chi connectivity index (χ2v) is 2.43. The molecule has 1 aliphatic rings. The van der Waals surface area contributed by atoms with Crippen molar-refractivity contribution in [1.82, 2.24) is 0 Å². The van der Waals surface area contributed by atoms with E-state index in [1.54, 1.807) is 6.08 Å². The van der Waals surface area contributed by atoms with Gasteiger partial charge in [0.25, 0.3) is 0 Å². The lowest BCUT2D eigenvalue weighted by atomic mass is 10.1. The van der Waals surface area contributed by atoms with Crippen molar-refractivity contribution in [3.63, 3.8) is 0 Å². The molecule has 0 aromatic rings. The molecule has 0 aromatic heterocycles. The molecule has 0 fully saturated rings. The third kappa shape index (κ3) is 1.10. The van der Waals surface area contributed by atoms with Gasteiger partial charge >= 0.3 is 0 Å². The number of hydrogen-bond donors (Lipinski definition) is 1. The highest BCUT2D eigenvalue weighted by atomic mass is 35.5. The third-order valence-corrected chi connectivity index (χ3v) is 1.67. The Balaban J connectivity index is 2.60. The molecule has 1 atom stereocenters. The SMILES string of the molecule is N=C1C=CCCC1Cl. The summed E-state index contributed by atoms with van der Waals surface area (Å²) < 4.78 is 0. The van der Waals surface area contributed by atoms with E-state index in [0.29, 0.717) is 5.71 Å². The summed E-state index contributed by atoms with van der Waals surface area (Å²) in [6.45, 7) is 0. The predicted octanol–water partition coefficient (Wildman–Crippen LogP) is 1.96. The Morgan fingerprint density at radius 1 is 1.75 bits per heavy atom. The Hall–Kier alpha value is -0.300. The lowest BCUT2D eigenvalue weighted by molar-refractivity contribution is 0.881. The molecule has 0 bridgehead atoms. The number of alkyl halides is 1. The van der Waals surface area contributed by atoms with Crippen LogP contribution in [-0.4, -0.2) is 11.1 Å². The summed E-state index contributed by atoms with van der Waals surface area (Å²) >= 11 is 5.69. The van der Waals surface area contributed by atoms with Crippen molar-refractivity contribution in [2.45, 2.75) is 18.2 Å². The largest absolute Gasteiger partial charge is 0.304 e.